The summed E-state index contributed by atoms with van der Waals surface area (Å²) in [7, 11) is -0.687. The quantitative estimate of drug-likeness (QED) is 0.735. The van der Waals surface area contributed by atoms with Gasteiger partial charge in [0, 0.05) is 27.8 Å². The molecule has 1 aliphatic rings. The number of rotatable bonds is 8. The van der Waals surface area contributed by atoms with E-state index in [1.807, 2.05) is 0 Å². The first-order valence-corrected chi connectivity index (χ1v) is 9.05. The van der Waals surface area contributed by atoms with Gasteiger partial charge in [-0.2, -0.15) is 0 Å². The molecule has 0 aromatic rings. The fourth-order valence-corrected chi connectivity index (χ4v) is 4.34. The zero-order valence-corrected chi connectivity index (χ0v) is 13.4. The van der Waals surface area contributed by atoms with Gasteiger partial charge in [0.1, 0.15) is 0 Å². The van der Waals surface area contributed by atoms with Gasteiger partial charge in [0.05, 0.1) is 0 Å². The Morgan fingerprint density at radius 3 is 2.33 bits per heavy atom. The van der Waals surface area contributed by atoms with Crippen molar-refractivity contribution < 1.29 is 4.21 Å². The molecule has 1 aliphatic carbocycles. The van der Waals surface area contributed by atoms with E-state index in [9.17, 15) is 4.21 Å². The molecule has 0 aromatic carbocycles. The zero-order chi connectivity index (χ0) is 13.5. The lowest BCUT2D eigenvalue weighted by Crippen LogP contribution is -2.41. The van der Waals surface area contributed by atoms with Crippen LogP contribution in [-0.4, -0.2) is 27.8 Å². The number of hydrogen-bond donors (Lipinski definition) is 1. The lowest BCUT2D eigenvalue weighted by atomic mass is 9.99. The Balaban J connectivity index is 2.51. The minimum atomic E-state index is -0.687. The molecular weight excluding hydrogens is 242 g/mol. The molecule has 3 heteroatoms. The number of nitrogens with one attached hydrogen (secondary N) is 1. The smallest absolute Gasteiger partial charge is 0.0394 e. The van der Waals surface area contributed by atoms with Crippen LogP contribution in [0.15, 0.2) is 0 Å². The fraction of sp³-hybridized carbons (Fsp3) is 1.00. The van der Waals surface area contributed by atoms with E-state index in [0.29, 0.717) is 17.2 Å². The van der Waals surface area contributed by atoms with E-state index in [4.69, 9.17) is 0 Å². The molecule has 3 unspecified atom stereocenters. The molecular formula is C15H31NOS. The second kappa shape index (κ2) is 8.31. The number of hydrogen-bond acceptors (Lipinski definition) is 2. The monoisotopic (exact) mass is 273 g/mol. The zero-order valence-electron chi connectivity index (χ0n) is 12.6. The van der Waals surface area contributed by atoms with Crippen LogP contribution >= 0.6 is 0 Å². The third-order valence-electron chi connectivity index (χ3n) is 4.32. The first-order valence-electron chi connectivity index (χ1n) is 7.66. The van der Waals surface area contributed by atoms with Crippen molar-refractivity contribution in [2.24, 2.45) is 11.8 Å². The summed E-state index contributed by atoms with van der Waals surface area (Å²) in [5, 5.41) is 3.96. The van der Waals surface area contributed by atoms with E-state index in [1.54, 1.807) is 0 Å². The molecule has 0 saturated heterocycles. The maximum absolute atomic E-state index is 12.4. The molecule has 0 heterocycles. The summed E-state index contributed by atoms with van der Waals surface area (Å²) in [4.78, 5) is 0. The Kier molecular flexibility index (Phi) is 7.47. The molecule has 2 nitrogen and oxygen atoms in total. The van der Waals surface area contributed by atoms with Crippen LogP contribution in [0.2, 0.25) is 0 Å². The summed E-state index contributed by atoms with van der Waals surface area (Å²) in [6, 6.07) is 0.481. The third-order valence-corrected chi connectivity index (χ3v) is 6.38. The molecule has 18 heavy (non-hydrogen) atoms. The molecule has 0 spiro atoms. The summed E-state index contributed by atoms with van der Waals surface area (Å²) in [6.45, 7) is 9.74. The standard InChI is InChI=1S/C15H31NOS/c1-5-10-16-15(14-8-6-7-9-14)11-18(17)13(4)12(2)3/h12-16H,5-11H2,1-4H3. The summed E-state index contributed by atoms with van der Waals surface area (Å²) in [5.41, 5.74) is 0. The van der Waals surface area contributed by atoms with Gasteiger partial charge in [0.15, 0.2) is 0 Å². The van der Waals surface area contributed by atoms with E-state index < -0.39 is 10.8 Å². The van der Waals surface area contributed by atoms with E-state index in [1.165, 1.54) is 25.7 Å². The first kappa shape index (κ1) is 16.2. The predicted octanol–water partition coefficient (Wildman–Crippen LogP) is 3.34. The fourth-order valence-electron chi connectivity index (χ4n) is 2.68. The van der Waals surface area contributed by atoms with Crippen LogP contribution in [0.25, 0.3) is 0 Å². The summed E-state index contributed by atoms with van der Waals surface area (Å²) < 4.78 is 12.4. The first-order chi connectivity index (χ1) is 8.56. The Morgan fingerprint density at radius 1 is 1.22 bits per heavy atom. The van der Waals surface area contributed by atoms with Crippen molar-refractivity contribution in [3.63, 3.8) is 0 Å². The van der Waals surface area contributed by atoms with Gasteiger partial charge in [0.25, 0.3) is 0 Å². The third kappa shape index (κ3) is 5.00. The van der Waals surface area contributed by atoms with Gasteiger partial charge in [-0.15, -0.1) is 0 Å². The Morgan fingerprint density at radius 2 is 1.83 bits per heavy atom. The van der Waals surface area contributed by atoms with Crippen molar-refractivity contribution in [1.82, 2.24) is 5.32 Å². The van der Waals surface area contributed by atoms with Crippen molar-refractivity contribution in [2.45, 2.75) is 71.1 Å². The SMILES string of the molecule is CCCNC(CS(=O)C(C)C(C)C)C1CCCC1. The van der Waals surface area contributed by atoms with Crippen LogP contribution in [-0.2, 0) is 10.8 Å². The average Bonchev–Trinajstić information content (AvgIpc) is 2.86. The highest BCUT2D eigenvalue weighted by atomic mass is 32.2. The van der Waals surface area contributed by atoms with Gasteiger partial charge in [-0.1, -0.05) is 40.5 Å². The highest BCUT2D eigenvalue weighted by Crippen LogP contribution is 2.28. The molecule has 1 fully saturated rings. The molecule has 0 aliphatic heterocycles. The highest BCUT2D eigenvalue weighted by Gasteiger charge is 2.27. The van der Waals surface area contributed by atoms with Gasteiger partial charge in [-0.25, -0.2) is 0 Å². The van der Waals surface area contributed by atoms with Crippen molar-refractivity contribution in [1.29, 1.82) is 0 Å². The van der Waals surface area contributed by atoms with Crippen molar-refractivity contribution in [3.8, 4) is 0 Å². The average molecular weight is 273 g/mol. The van der Waals surface area contributed by atoms with Crippen molar-refractivity contribution >= 4 is 10.8 Å². The highest BCUT2D eigenvalue weighted by molar-refractivity contribution is 7.85. The van der Waals surface area contributed by atoms with Gasteiger partial charge < -0.3 is 5.32 Å². The molecule has 1 N–H and O–H groups in total. The van der Waals surface area contributed by atoms with Gasteiger partial charge in [-0.3, -0.25) is 4.21 Å². The van der Waals surface area contributed by atoms with E-state index in [0.717, 1.165) is 24.6 Å². The van der Waals surface area contributed by atoms with E-state index in [2.05, 4.69) is 33.0 Å². The molecule has 1 rings (SSSR count). The van der Waals surface area contributed by atoms with Gasteiger partial charge in [-0.05, 0) is 37.6 Å². The maximum atomic E-state index is 12.4. The van der Waals surface area contributed by atoms with Crippen LogP contribution in [0.5, 0.6) is 0 Å². The minimum Gasteiger partial charge on any atom is -0.313 e. The lowest BCUT2D eigenvalue weighted by Gasteiger charge is -2.26. The minimum absolute atomic E-state index is 0.317. The lowest BCUT2D eigenvalue weighted by molar-refractivity contribution is 0.384. The van der Waals surface area contributed by atoms with Crippen LogP contribution in [0.1, 0.15) is 59.8 Å². The molecule has 0 radical (unpaired) electrons. The molecule has 0 aromatic heterocycles. The molecule has 3 atom stereocenters. The Labute approximate surface area is 116 Å². The summed E-state index contributed by atoms with van der Waals surface area (Å²) in [6.07, 6.45) is 6.54. The van der Waals surface area contributed by atoms with Crippen molar-refractivity contribution in [3.05, 3.63) is 0 Å². The van der Waals surface area contributed by atoms with Crippen LogP contribution in [0.3, 0.4) is 0 Å². The van der Waals surface area contributed by atoms with E-state index >= 15 is 0 Å². The largest absolute Gasteiger partial charge is 0.313 e. The summed E-state index contributed by atoms with van der Waals surface area (Å²) >= 11 is 0. The van der Waals surface area contributed by atoms with Crippen LogP contribution < -0.4 is 5.32 Å². The van der Waals surface area contributed by atoms with Crippen molar-refractivity contribution in [2.75, 3.05) is 12.3 Å². The Bertz CT molecular complexity index is 249. The van der Waals surface area contributed by atoms with E-state index in [-0.39, 0.29) is 0 Å². The van der Waals surface area contributed by atoms with Gasteiger partial charge in [0.2, 0.25) is 0 Å². The molecule has 0 bridgehead atoms. The Hall–Kier alpha value is 0.110. The van der Waals surface area contributed by atoms with Crippen LogP contribution in [0, 0.1) is 11.8 Å². The summed E-state index contributed by atoms with van der Waals surface area (Å²) in [5.74, 6) is 2.13. The normalized spacial score (nSPS) is 22.3. The predicted molar refractivity (Wildman–Crippen MR) is 81.3 cm³/mol. The molecule has 1 saturated carbocycles. The maximum Gasteiger partial charge on any atom is 0.0394 e. The van der Waals surface area contributed by atoms with Crippen LogP contribution in [0.4, 0.5) is 0 Å². The second-order valence-electron chi connectivity index (χ2n) is 6.10. The van der Waals surface area contributed by atoms with Gasteiger partial charge >= 0.3 is 0 Å². The molecule has 108 valence electrons. The topological polar surface area (TPSA) is 29.1 Å². The molecule has 0 amide bonds. The second-order valence-corrected chi connectivity index (χ2v) is 7.94.